The molecule has 2 nitrogen and oxygen atoms in total. The Labute approximate surface area is 63.2 Å². The van der Waals surface area contributed by atoms with Gasteiger partial charge in [0.2, 0.25) is 0 Å². The minimum absolute atomic E-state index is 0.194. The number of thiophene rings is 1. The molecule has 0 N–H and O–H groups in total. The zero-order valence-electron chi connectivity index (χ0n) is 5.36. The van der Waals surface area contributed by atoms with Crippen molar-refractivity contribution in [3.8, 4) is 0 Å². The molecular formula is C7H7NOS. The van der Waals surface area contributed by atoms with Crippen LogP contribution in [-0.2, 0) is 4.74 Å². The average Bonchev–Trinajstić information content (AvgIpc) is 2.59. The van der Waals surface area contributed by atoms with Crippen LogP contribution in [0.4, 0.5) is 0 Å². The largest absolute Gasteiger partial charge is 0.473 e. The molecule has 0 amide bonds. The molecule has 0 bridgehead atoms. The lowest BCUT2D eigenvalue weighted by Gasteiger charge is -2.03. The molecule has 0 fully saturated rings. The van der Waals surface area contributed by atoms with Gasteiger partial charge in [-0.15, -0.1) is 11.3 Å². The summed E-state index contributed by atoms with van der Waals surface area (Å²) in [5.41, 5.74) is 0. The Bertz CT molecular complexity index is 222. The molecule has 2 heterocycles. The highest BCUT2D eigenvalue weighted by Gasteiger charge is 2.14. The van der Waals surface area contributed by atoms with Crippen molar-refractivity contribution >= 4 is 17.7 Å². The van der Waals surface area contributed by atoms with Gasteiger partial charge in [-0.05, 0) is 11.4 Å². The van der Waals surface area contributed by atoms with E-state index >= 15 is 0 Å². The van der Waals surface area contributed by atoms with Crippen LogP contribution in [0, 0.1) is 0 Å². The molecule has 0 radical (unpaired) electrons. The van der Waals surface area contributed by atoms with Gasteiger partial charge in [0.25, 0.3) is 0 Å². The molecule has 10 heavy (non-hydrogen) atoms. The molecule has 1 unspecified atom stereocenters. The lowest BCUT2D eigenvalue weighted by Crippen LogP contribution is -1.96. The highest BCUT2D eigenvalue weighted by atomic mass is 32.1. The summed E-state index contributed by atoms with van der Waals surface area (Å²) in [6.07, 6.45) is 1.73. The zero-order valence-corrected chi connectivity index (χ0v) is 6.17. The molecule has 1 aromatic heterocycles. The summed E-state index contributed by atoms with van der Waals surface area (Å²) in [6.45, 7) is 0.778. The van der Waals surface area contributed by atoms with Crippen molar-refractivity contribution in [3.63, 3.8) is 0 Å². The fourth-order valence-corrected chi connectivity index (χ4v) is 1.68. The van der Waals surface area contributed by atoms with E-state index in [1.54, 1.807) is 11.3 Å². The van der Waals surface area contributed by atoms with Crippen LogP contribution >= 0.6 is 11.3 Å². The average molecular weight is 153 g/mol. The van der Waals surface area contributed by atoms with Gasteiger partial charge < -0.3 is 4.74 Å². The first-order valence-electron chi connectivity index (χ1n) is 3.14. The fraction of sp³-hybridized carbons (Fsp3) is 0.286. The second-order valence-corrected chi connectivity index (χ2v) is 3.09. The number of nitrogens with zero attached hydrogens (tertiary/aromatic N) is 1. The number of hydrogen-bond donors (Lipinski definition) is 0. The minimum atomic E-state index is 0.194. The molecule has 3 heteroatoms. The molecule has 1 aliphatic rings. The monoisotopic (exact) mass is 153 g/mol. The van der Waals surface area contributed by atoms with Gasteiger partial charge in [-0.25, -0.2) is 0 Å². The SMILES string of the molecule is C1=NCC(c2cccs2)O1. The number of hydrogen-bond acceptors (Lipinski definition) is 3. The molecular weight excluding hydrogens is 146 g/mol. The summed E-state index contributed by atoms with van der Waals surface area (Å²) in [4.78, 5) is 5.24. The maximum absolute atomic E-state index is 5.22. The van der Waals surface area contributed by atoms with E-state index < -0.39 is 0 Å². The Morgan fingerprint density at radius 2 is 2.70 bits per heavy atom. The van der Waals surface area contributed by atoms with Crippen LogP contribution in [0.2, 0.25) is 0 Å². The molecule has 0 saturated carbocycles. The van der Waals surface area contributed by atoms with Gasteiger partial charge in [0.1, 0.15) is 0 Å². The first kappa shape index (κ1) is 5.92. The van der Waals surface area contributed by atoms with Crippen molar-refractivity contribution in [1.29, 1.82) is 0 Å². The lowest BCUT2D eigenvalue weighted by atomic mass is 10.3. The van der Waals surface area contributed by atoms with E-state index in [1.165, 1.54) is 11.3 Å². The zero-order chi connectivity index (χ0) is 6.81. The van der Waals surface area contributed by atoms with Crippen molar-refractivity contribution in [3.05, 3.63) is 22.4 Å². The standard InChI is InChI=1S/C7H7NOS/c1-2-7(10-3-1)6-4-8-5-9-6/h1-3,5-6H,4H2. The van der Waals surface area contributed by atoms with E-state index in [-0.39, 0.29) is 6.10 Å². The second-order valence-electron chi connectivity index (χ2n) is 2.11. The van der Waals surface area contributed by atoms with E-state index in [1.807, 2.05) is 6.07 Å². The Morgan fingerprint density at radius 3 is 3.30 bits per heavy atom. The van der Waals surface area contributed by atoms with Crippen molar-refractivity contribution in [2.24, 2.45) is 4.99 Å². The molecule has 1 aromatic rings. The predicted octanol–water partition coefficient (Wildman–Crippen LogP) is 1.85. The van der Waals surface area contributed by atoms with Crippen LogP contribution in [0.15, 0.2) is 22.5 Å². The number of rotatable bonds is 1. The summed E-state index contributed by atoms with van der Waals surface area (Å²) >= 11 is 1.72. The lowest BCUT2D eigenvalue weighted by molar-refractivity contribution is 0.244. The Hall–Kier alpha value is -0.830. The highest BCUT2D eigenvalue weighted by molar-refractivity contribution is 7.10. The van der Waals surface area contributed by atoms with Gasteiger partial charge in [-0.2, -0.15) is 0 Å². The van der Waals surface area contributed by atoms with Crippen molar-refractivity contribution in [2.45, 2.75) is 6.10 Å². The van der Waals surface area contributed by atoms with E-state index in [0.29, 0.717) is 0 Å². The first-order valence-corrected chi connectivity index (χ1v) is 4.02. The Morgan fingerprint density at radius 1 is 1.70 bits per heavy atom. The minimum Gasteiger partial charge on any atom is -0.473 e. The van der Waals surface area contributed by atoms with E-state index in [0.717, 1.165) is 6.54 Å². The third-order valence-electron chi connectivity index (χ3n) is 1.43. The molecule has 0 saturated heterocycles. The quantitative estimate of drug-likeness (QED) is 0.603. The molecule has 1 atom stereocenters. The Balaban J connectivity index is 2.14. The maximum Gasteiger partial charge on any atom is 0.170 e. The van der Waals surface area contributed by atoms with Crippen molar-refractivity contribution < 1.29 is 4.74 Å². The van der Waals surface area contributed by atoms with Gasteiger partial charge >= 0.3 is 0 Å². The molecule has 52 valence electrons. The number of ether oxygens (including phenoxy) is 1. The molecule has 0 aromatic carbocycles. The maximum atomic E-state index is 5.22. The third-order valence-corrected chi connectivity index (χ3v) is 2.40. The normalized spacial score (nSPS) is 23.0. The number of aliphatic imine (C=N–C) groups is 1. The summed E-state index contributed by atoms with van der Waals surface area (Å²) < 4.78 is 5.22. The van der Waals surface area contributed by atoms with Crippen LogP contribution in [0.25, 0.3) is 0 Å². The topological polar surface area (TPSA) is 21.6 Å². The molecule has 0 aliphatic carbocycles. The Kier molecular flexibility index (Phi) is 1.43. The van der Waals surface area contributed by atoms with Crippen LogP contribution in [0.5, 0.6) is 0 Å². The smallest absolute Gasteiger partial charge is 0.170 e. The molecule has 2 rings (SSSR count). The van der Waals surface area contributed by atoms with Gasteiger partial charge in [0, 0.05) is 4.88 Å². The summed E-state index contributed by atoms with van der Waals surface area (Å²) in [7, 11) is 0. The van der Waals surface area contributed by atoms with Crippen LogP contribution in [0.3, 0.4) is 0 Å². The molecule has 1 aliphatic heterocycles. The van der Waals surface area contributed by atoms with Crippen molar-refractivity contribution in [2.75, 3.05) is 6.54 Å². The second kappa shape index (κ2) is 2.42. The highest BCUT2D eigenvalue weighted by Crippen LogP contribution is 2.24. The van der Waals surface area contributed by atoms with Crippen LogP contribution in [-0.4, -0.2) is 12.9 Å². The van der Waals surface area contributed by atoms with Crippen LogP contribution in [0.1, 0.15) is 11.0 Å². The third kappa shape index (κ3) is 0.926. The predicted molar refractivity (Wildman–Crippen MR) is 41.5 cm³/mol. The molecule has 0 spiro atoms. The van der Waals surface area contributed by atoms with E-state index in [4.69, 9.17) is 4.74 Å². The van der Waals surface area contributed by atoms with Gasteiger partial charge in [-0.1, -0.05) is 6.07 Å². The van der Waals surface area contributed by atoms with Gasteiger partial charge in [-0.3, -0.25) is 4.99 Å². The van der Waals surface area contributed by atoms with E-state index in [2.05, 4.69) is 16.4 Å². The van der Waals surface area contributed by atoms with Crippen molar-refractivity contribution in [1.82, 2.24) is 0 Å². The first-order chi connectivity index (χ1) is 4.97. The summed E-state index contributed by atoms with van der Waals surface area (Å²) in [6, 6.07) is 4.10. The summed E-state index contributed by atoms with van der Waals surface area (Å²) in [5, 5.41) is 2.05. The van der Waals surface area contributed by atoms with E-state index in [9.17, 15) is 0 Å². The summed E-state index contributed by atoms with van der Waals surface area (Å²) in [5.74, 6) is 0. The fourth-order valence-electron chi connectivity index (χ4n) is 0.930. The van der Waals surface area contributed by atoms with Crippen LogP contribution < -0.4 is 0 Å². The van der Waals surface area contributed by atoms with Gasteiger partial charge in [0.05, 0.1) is 6.54 Å². The van der Waals surface area contributed by atoms with Gasteiger partial charge in [0.15, 0.2) is 12.5 Å².